The van der Waals surface area contributed by atoms with Gasteiger partial charge >= 0.3 is 0 Å². The van der Waals surface area contributed by atoms with Gasteiger partial charge < -0.3 is 10.4 Å². The first kappa shape index (κ1) is 13.3. The predicted octanol–water partition coefficient (Wildman–Crippen LogP) is 2.69. The van der Waals surface area contributed by atoms with Gasteiger partial charge in [-0.25, -0.2) is 4.98 Å². The molecule has 5 nitrogen and oxygen atoms in total. The maximum absolute atomic E-state index is 9.25. The van der Waals surface area contributed by atoms with E-state index < -0.39 is 0 Å². The van der Waals surface area contributed by atoms with E-state index in [2.05, 4.69) is 35.3 Å². The largest absolute Gasteiger partial charge is 0.394 e. The molecule has 0 unspecified atom stereocenters. The molecule has 0 saturated heterocycles. The molecule has 0 aliphatic carbocycles. The van der Waals surface area contributed by atoms with Crippen LogP contribution in [0.25, 0.3) is 20.4 Å². The molecule has 3 heterocycles. The summed E-state index contributed by atoms with van der Waals surface area (Å²) in [5.41, 5.74) is 3.33. The van der Waals surface area contributed by atoms with Crippen LogP contribution in [0.5, 0.6) is 0 Å². The molecule has 0 aliphatic heterocycles. The first-order chi connectivity index (χ1) is 9.65. The Morgan fingerprint density at radius 1 is 1.40 bits per heavy atom. The molecule has 0 radical (unpaired) electrons. The summed E-state index contributed by atoms with van der Waals surface area (Å²) in [6.45, 7) is 7.58. The fraction of sp³-hybridized carbons (Fsp3) is 0.429. The fourth-order valence-electron chi connectivity index (χ4n) is 2.59. The summed E-state index contributed by atoms with van der Waals surface area (Å²) in [5.74, 6) is 0.885. The van der Waals surface area contributed by atoms with Crippen LogP contribution < -0.4 is 5.32 Å². The molecule has 3 aromatic rings. The SMILES string of the molecule is CCNc1nn(CCO)c2c1sc1nc(C)cc(C)c12. The van der Waals surface area contributed by atoms with Crippen LogP contribution in [-0.4, -0.2) is 33.0 Å². The molecular weight excluding hydrogens is 272 g/mol. The summed E-state index contributed by atoms with van der Waals surface area (Å²) in [4.78, 5) is 5.68. The zero-order chi connectivity index (χ0) is 14.3. The highest BCUT2D eigenvalue weighted by atomic mass is 32.1. The van der Waals surface area contributed by atoms with Crippen LogP contribution in [-0.2, 0) is 6.54 Å². The monoisotopic (exact) mass is 290 g/mol. The molecule has 0 bridgehead atoms. The van der Waals surface area contributed by atoms with Crippen LogP contribution in [0.1, 0.15) is 18.2 Å². The third-order valence-corrected chi connectivity index (χ3v) is 4.39. The molecule has 20 heavy (non-hydrogen) atoms. The van der Waals surface area contributed by atoms with Crippen molar-refractivity contribution in [3.05, 3.63) is 17.3 Å². The molecule has 106 valence electrons. The van der Waals surface area contributed by atoms with Crippen LogP contribution in [0.2, 0.25) is 0 Å². The average Bonchev–Trinajstić information content (AvgIpc) is 2.89. The van der Waals surface area contributed by atoms with Crippen LogP contribution in [0.3, 0.4) is 0 Å². The van der Waals surface area contributed by atoms with Crippen molar-refractivity contribution in [1.29, 1.82) is 0 Å². The number of fused-ring (bicyclic) bond motifs is 3. The van der Waals surface area contributed by atoms with Gasteiger partial charge in [0.2, 0.25) is 0 Å². The Morgan fingerprint density at radius 3 is 2.90 bits per heavy atom. The van der Waals surface area contributed by atoms with E-state index in [1.165, 1.54) is 5.56 Å². The van der Waals surface area contributed by atoms with Gasteiger partial charge in [-0.3, -0.25) is 4.68 Å². The minimum Gasteiger partial charge on any atom is -0.394 e. The molecule has 2 N–H and O–H groups in total. The van der Waals surface area contributed by atoms with Gasteiger partial charge in [-0.05, 0) is 32.4 Å². The van der Waals surface area contributed by atoms with Crippen molar-refractivity contribution in [1.82, 2.24) is 14.8 Å². The quantitative estimate of drug-likeness (QED) is 0.775. The Labute approximate surface area is 121 Å². The molecule has 0 amide bonds. The summed E-state index contributed by atoms with van der Waals surface area (Å²) >= 11 is 1.66. The standard InChI is InChI=1S/C14H18N4OS/c1-4-15-13-12-11(18(17-13)5-6-19)10-8(2)7-9(3)16-14(10)20-12/h7,19H,4-6H2,1-3H3,(H,15,17). The maximum Gasteiger partial charge on any atom is 0.166 e. The Bertz CT molecular complexity index is 775. The van der Waals surface area contributed by atoms with Gasteiger partial charge in [0, 0.05) is 17.6 Å². The van der Waals surface area contributed by atoms with Crippen molar-refractivity contribution >= 4 is 37.6 Å². The molecular formula is C14H18N4OS. The number of rotatable bonds is 4. The van der Waals surface area contributed by atoms with Crippen molar-refractivity contribution in [2.75, 3.05) is 18.5 Å². The van der Waals surface area contributed by atoms with Crippen molar-refractivity contribution in [3.8, 4) is 0 Å². The molecule has 0 aliphatic rings. The third kappa shape index (κ3) is 1.96. The van der Waals surface area contributed by atoms with Crippen molar-refractivity contribution in [2.45, 2.75) is 27.3 Å². The number of hydrogen-bond acceptors (Lipinski definition) is 5. The second kappa shape index (κ2) is 5.03. The molecule has 0 saturated carbocycles. The number of nitrogens with zero attached hydrogens (tertiary/aromatic N) is 3. The van der Waals surface area contributed by atoms with E-state index in [4.69, 9.17) is 0 Å². The molecule has 0 aromatic carbocycles. The number of aliphatic hydroxyl groups excluding tert-OH is 1. The number of hydrogen-bond donors (Lipinski definition) is 2. The van der Waals surface area contributed by atoms with E-state index in [1.54, 1.807) is 11.3 Å². The molecule has 0 atom stereocenters. The van der Waals surface area contributed by atoms with E-state index in [0.29, 0.717) is 6.54 Å². The second-order valence-corrected chi connectivity index (χ2v) is 5.87. The summed E-state index contributed by atoms with van der Waals surface area (Å²) in [5, 5.41) is 18.3. The molecule has 0 fully saturated rings. The van der Waals surface area contributed by atoms with E-state index in [0.717, 1.165) is 38.5 Å². The minimum absolute atomic E-state index is 0.0814. The molecule has 3 rings (SSSR count). The topological polar surface area (TPSA) is 63.0 Å². The summed E-state index contributed by atoms with van der Waals surface area (Å²) in [7, 11) is 0. The van der Waals surface area contributed by atoms with E-state index in [-0.39, 0.29) is 6.61 Å². The van der Waals surface area contributed by atoms with Gasteiger partial charge in [0.15, 0.2) is 5.82 Å². The average molecular weight is 290 g/mol. The number of thiophene rings is 1. The molecule has 3 aromatic heterocycles. The third-order valence-electron chi connectivity index (χ3n) is 3.31. The molecule has 0 spiro atoms. The number of aryl methyl sites for hydroxylation is 2. The van der Waals surface area contributed by atoms with E-state index in [1.807, 2.05) is 11.6 Å². The lowest BCUT2D eigenvalue weighted by Gasteiger charge is -2.03. The van der Waals surface area contributed by atoms with Crippen molar-refractivity contribution in [3.63, 3.8) is 0 Å². The Kier molecular flexibility index (Phi) is 3.35. The van der Waals surface area contributed by atoms with Crippen LogP contribution >= 0.6 is 11.3 Å². The normalized spacial score (nSPS) is 11.6. The highest BCUT2D eigenvalue weighted by Gasteiger charge is 2.18. The lowest BCUT2D eigenvalue weighted by atomic mass is 10.1. The molecule has 6 heteroatoms. The lowest BCUT2D eigenvalue weighted by molar-refractivity contribution is 0.272. The van der Waals surface area contributed by atoms with Crippen LogP contribution in [0.15, 0.2) is 6.07 Å². The van der Waals surface area contributed by atoms with Gasteiger partial charge in [0.05, 0.1) is 23.4 Å². The number of aliphatic hydroxyl groups is 1. The Morgan fingerprint density at radius 2 is 2.20 bits per heavy atom. The van der Waals surface area contributed by atoms with Gasteiger partial charge in [-0.15, -0.1) is 11.3 Å². The van der Waals surface area contributed by atoms with Crippen molar-refractivity contribution in [2.24, 2.45) is 0 Å². The Balaban J connectivity index is 2.38. The Hall–Kier alpha value is -1.66. The van der Waals surface area contributed by atoms with E-state index in [9.17, 15) is 5.11 Å². The summed E-state index contributed by atoms with van der Waals surface area (Å²) in [6.07, 6.45) is 0. The van der Waals surface area contributed by atoms with Crippen molar-refractivity contribution < 1.29 is 5.11 Å². The zero-order valence-electron chi connectivity index (χ0n) is 11.9. The van der Waals surface area contributed by atoms with Gasteiger partial charge in [-0.1, -0.05) is 0 Å². The van der Waals surface area contributed by atoms with E-state index >= 15 is 0 Å². The van der Waals surface area contributed by atoms with Crippen LogP contribution in [0.4, 0.5) is 5.82 Å². The first-order valence-electron chi connectivity index (χ1n) is 6.77. The van der Waals surface area contributed by atoms with Gasteiger partial charge in [0.1, 0.15) is 4.83 Å². The predicted molar refractivity (Wildman–Crippen MR) is 83.6 cm³/mol. The summed E-state index contributed by atoms with van der Waals surface area (Å²) in [6, 6.07) is 2.09. The minimum atomic E-state index is 0.0814. The van der Waals surface area contributed by atoms with Gasteiger partial charge in [0.25, 0.3) is 0 Å². The highest BCUT2D eigenvalue weighted by molar-refractivity contribution is 7.26. The smallest absolute Gasteiger partial charge is 0.166 e. The number of pyridine rings is 1. The second-order valence-electron chi connectivity index (χ2n) is 4.87. The first-order valence-corrected chi connectivity index (χ1v) is 7.59. The number of nitrogens with one attached hydrogen (secondary N) is 1. The lowest BCUT2D eigenvalue weighted by Crippen LogP contribution is -2.05. The number of anilines is 1. The van der Waals surface area contributed by atoms with Crippen LogP contribution in [0, 0.1) is 13.8 Å². The highest BCUT2D eigenvalue weighted by Crippen LogP contribution is 2.38. The number of aromatic nitrogens is 3. The maximum atomic E-state index is 9.25. The van der Waals surface area contributed by atoms with Gasteiger partial charge in [-0.2, -0.15) is 5.10 Å². The summed E-state index contributed by atoms with van der Waals surface area (Å²) < 4.78 is 3.01. The fourth-order valence-corrected chi connectivity index (χ4v) is 3.84. The zero-order valence-corrected chi connectivity index (χ0v) is 12.7.